The number of methoxy groups -OCH3 is 2. The molecule has 1 N–H and O–H groups in total. The molecule has 1 fully saturated rings. The van der Waals surface area contributed by atoms with Gasteiger partial charge in [0.2, 0.25) is 0 Å². The zero-order chi connectivity index (χ0) is 19.9. The van der Waals surface area contributed by atoms with Crippen LogP contribution in [0.1, 0.15) is 17.2 Å². The first-order valence-corrected chi connectivity index (χ1v) is 9.30. The zero-order valence-corrected chi connectivity index (χ0v) is 16.2. The van der Waals surface area contributed by atoms with Crippen molar-refractivity contribution in [2.75, 3.05) is 47.1 Å². The highest BCUT2D eigenvalue weighted by Crippen LogP contribution is 2.32. The molecular formula is C21H26F2N2O3. The van der Waals surface area contributed by atoms with Crippen LogP contribution in [-0.2, 0) is 11.3 Å². The van der Waals surface area contributed by atoms with E-state index in [1.807, 2.05) is 18.2 Å². The Morgan fingerprint density at radius 3 is 2.43 bits per heavy atom. The highest BCUT2D eigenvalue weighted by molar-refractivity contribution is 5.44. The molecule has 0 bridgehead atoms. The molecule has 28 heavy (non-hydrogen) atoms. The van der Waals surface area contributed by atoms with Gasteiger partial charge in [-0.3, -0.25) is 4.90 Å². The number of rotatable bonds is 8. The Morgan fingerprint density at radius 2 is 1.75 bits per heavy atom. The van der Waals surface area contributed by atoms with Crippen molar-refractivity contribution in [1.82, 2.24) is 10.2 Å². The second kappa shape index (κ2) is 9.82. The van der Waals surface area contributed by atoms with Crippen LogP contribution in [0.3, 0.4) is 0 Å². The summed E-state index contributed by atoms with van der Waals surface area (Å²) in [7, 11) is 3.23. The van der Waals surface area contributed by atoms with E-state index in [9.17, 15) is 8.78 Å². The second-order valence-electron chi connectivity index (χ2n) is 6.66. The molecular weight excluding hydrogens is 366 g/mol. The van der Waals surface area contributed by atoms with E-state index in [2.05, 4.69) is 10.2 Å². The number of hydrogen-bond acceptors (Lipinski definition) is 5. The van der Waals surface area contributed by atoms with E-state index in [0.717, 1.165) is 24.7 Å². The van der Waals surface area contributed by atoms with E-state index >= 15 is 0 Å². The van der Waals surface area contributed by atoms with Gasteiger partial charge in [-0.15, -0.1) is 0 Å². The lowest BCUT2D eigenvalue weighted by atomic mass is 10.0. The van der Waals surface area contributed by atoms with Crippen LogP contribution < -0.4 is 14.8 Å². The van der Waals surface area contributed by atoms with Crippen LogP contribution in [0.2, 0.25) is 0 Å². The molecule has 3 rings (SSSR count). The van der Waals surface area contributed by atoms with Gasteiger partial charge in [0.15, 0.2) is 23.1 Å². The third kappa shape index (κ3) is 4.98. The lowest BCUT2D eigenvalue weighted by Gasteiger charge is -2.35. The third-order valence-corrected chi connectivity index (χ3v) is 4.93. The summed E-state index contributed by atoms with van der Waals surface area (Å²) in [5.74, 6) is -0.301. The first-order valence-electron chi connectivity index (χ1n) is 9.30. The largest absolute Gasteiger partial charge is 0.493 e. The fourth-order valence-electron chi connectivity index (χ4n) is 3.41. The minimum Gasteiger partial charge on any atom is -0.493 e. The fraction of sp³-hybridized carbons (Fsp3) is 0.429. The lowest BCUT2D eigenvalue weighted by Crippen LogP contribution is -2.42. The van der Waals surface area contributed by atoms with Crippen molar-refractivity contribution in [3.63, 3.8) is 0 Å². The first kappa shape index (κ1) is 20.5. The number of nitrogens with one attached hydrogen (secondary N) is 1. The smallest absolute Gasteiger partial charge is 0.161 e. The molecule has 2 aromatic rings. The first-order chi connectivity index (χ1) is 13.6. The van der Waals surface area contributed by atoms with E-state index in [4.69, 9.17) is 14.2 Å². The SMILES string of the molecule is COc1ccc([C@H](CNCc2ccc(F)c(F)c2)N2CCOCC2)cc1OC. The van der Waals surface area contributed by atoms with Gasteiger partial charge in [-0.25, -0.2) is 8.78 Å². The molecule has 5 nitrogen and oxygen atoms in total. The summed E-state index contributed by atoms with van der Waals surface area (Å²) < 4.78 is 42.8. The fourth-order valence-corrected chi connectivity index (χ4v) is 3.41. The Morgan fingerprint density at radius 1 is 1.00 bits per heavy atom. The van der Waals surface area contributed by atoms with Crippen LogP contribution >= 0.6 is 0 Å². The molecule has 0 spiro atoms. The van der Waals surface area contributed by atoms with Gasteiger partial charge in [0.25, 0.3) is 0 Å². The highest BCUT2D eigenvalue weighted by atomic mass is 19.2. The molecule has 152 valence electrons. The molecule has 0 unspecified atom stereocenters. The van der Waals surface area contributed by atoms with Crippen LogP contribution in [0.4, 0.5) is 8.78 Å². The molecule has 1 saturated heterocycles. The Balaban J connectivity index is 1.74. The summed E-state index contributed by atoms with van der Waals surface area (Å²) in [4.78, 5) is 2.35. The van der Waals surface area contributed by atoms with Crippen LogP contribution in [0, 0.1) is 11.6 Å². The van der Waals surface area contributed by atoms with Crippen molar-refractivity contribution in [2.45, 2.75) is 12.6 Å². The summed E-state index contributed by atoms with van der Waals surface area (Å²) in [6, 6.07) is 9.97. The van der Waals surface area contributed by atoms with E-state index < -0.39 is 11.6 Å². The minimum absolute atomic E-state index is 0.0917. The van der Waals surface area contributed by atoms with Gasteiger partial charge in [0.1, 0.15) is 0 Å². The van der Waals surface area contributed by atoms with E-state index in [-0.39, 0.29) is 6.04 Å². The van der Waals surface area contributed by atoms with Gasteiger partial charge in [0, 0.05) is 32.2 Å². The molecule has 0 amide bonds. The predicted molar refractivity (Wildman–Crippen MR) is 103 cm³/mol. The molecule has 1 aliphatic rings. The van der Waals surface area contributed by atoms with Crippen molar-refractivity contribution >= 4 is 0 Å². The predicted octanol–water partition coefficient (Wildman–Crippen LogP) is 3.15. The van der Waals surface area contributed by atoms with E-state index in [1.54, 1.807) is 20.3 Å². The summed E-state index contributed by atoms with van der Waals surface area (Å²) in [5, 5.41) is 3.37. The van der Waals surface area contributed by atoms with Gasteiger partial charge in [0.05, 0.1) is 27.4 Å². The number of nitrogens with zero attached hydrogens (tertiary/aromatic N) is 1. The van der Waals surface area contributed by atoms with Gasteiger partial charge in [-0.2, -0.15) is 0 Å². The van der Waals surface area contributed by atoms with Crippen molar-refractivity contribution in [1.29, 1.82) is 0 Å². The number of ether oxygens (including phenoxy) is 3. The van der Waals surface area contributed by atoms with Gasteiger partial charge in [-0.05, 0) is 35.4 Å². The Kier molecular flexibility index (Phi) is 7.19. The quantitative estimate of drug-likeness (QED) is 0.748. The van der Waals surface area contributed by atoms with Crippen LogP contribution in [0.15, 0.2) is 36.4 Å². The molecule has 0 aliphatic carbocycles. The topological polar surface area (TPSA) is 43.0 Å². The monoisotopic (exact) mass is 392 g/mol. The Hall–Kier alpha value is -2.22. The summed E-state index contributed by atoms with van der Waals surface area (Å²) in [5.41, 5.74) is 1.80. The Labute approximate surface area is 164 Å². The number of morpholine rings is 1. The Bertz CT molecular complexity index is 782. The minimum atomic E-state index is -0.833. The summed E-state index contributed by atoms with van der Waals surface area (Å²) >= 11 is 0. The molecule has 0 saturated carbocycles. The van der Waals surface area contributed by atoms with Crippen molar-refractivity contribution in [2.24, 2.45) is 0 Å². The average molecular weight is 392 g/mol. The van der Waals surface area contributed by atoms with Gasteiger partial charge in [-0.1, -0.05) is 12.1 Å². The van der Waals surface area contributed by atoms with Crippen LogP contribution in [-0.4, -0.2) is 52.0 Å². The summed E-state index contributed by atoms with van der Waals surface area (Å²) in [6.45, 7) is 4.12. The third-order valence-electron chi connectivity index (χ3n) is 4.93. The van der Waals surface area contributed by atoms with Crippen LogP contribution in [0.25, 0.3) is 0 Å². The van der Waals surface area contributed by atoms with Crippen molar-refractivity contribution in [3.05, 3.63) is 59.2 Å². The maximum Gasteiger partial charge on any atom is 0.161 e. The second-order valence-corrected chi connectivity index (χ2v) is 6.66. The highest BCUT2D eigenvalue weighted by Gasteiger charge is 2.23. The zero-order valence-electron chi connectivity index (χ0n) is 16.2. The number of hydrogen-bond donors (Lipinski definition) is 1. The normalized spacial score (nSPS) is 16.0. The maximum absolute atomic E-state index is 13.4. The molecule has 1 heterocycles. The standard InChI is InChI=1S/C21H26F2N2O3/c1-26-20-6-4-16(12-21(20)27-2)19(25-7-9-28-10-8-25)14-24-13-15-3-5-17(22)18(23)11-15/h3-6,11-12,19,24H,7-10,13-14H2,1-2H3/t19-/m0/s1. The van der Waals surface area contributed by atoms with Gasteiger partial charge >= 0.3 is 0 Å². The van der Waals surface area contributed by atoms with Crippen molar-refractivity contribution < 1.29 is 23.0 Å². The molecule has 0 aromatic heterocycles. The molecule has 1 aliphatic heterocycles. The number of halogens is 2. The van der Waals surface area contributed by atoms with Crippen molar-refractivity contribution in [3.8, 4) is 11.5 Å². The lowest BCUT2D eigenvalue weighted by molar-refractivity contribution is 0.0160. The van der Waals surface area contributed by atoms with E-state index in [0.29, 0.717) is 43.4 Å². The molecule has 7 heteroatoms. The van der Waals surface area contributed by atoms with Gasteiger partial charge < -0.3 is 19.5 Å². The maximum atomic E-state index is 13.4. The van der Waals surface area contributed by atoms with E-state index in [1.165, 1.54) is 6.07 Å². The summed E-state index contributed by atoms with van der Waals surface area (Å²) in [6.07, 6.45) is 0. The molecule has 2 aromatic carbocycles. The van der Waals surface area contributed by atoms with Crippen LogP contribution in [0.5, 0.6) is 11.5 Å². The molecule has 1 atom stereocenters. The number of benzene rings is 2. The average Bonchev–Trinajstić information content (AvgIpc) is 2.74. The molecule has 0 radical (unpaired) electrons.